The zero-order chi connectivity index (χ0) is 22.9. The Labute approximate surface area is 189 Å². The number of hydrogen-bond donors (Lipinski definition) is 1. The third-order valence-corrected chi connectivity index (χ3v) is 6.03. The van der Waals surface area contributed by atoms with Gasteiger partial charge in [0.05, 0.1) is 33.9 Å². The van der Waals surface area contributed by atoms with Crippen LogP contribution in [0.4, 0.5) is 0 Å². The fourth-order valence-corrected chi connectivity index (χ4v) is 4.16. The van der Waals surface area contributed by atoms with E-state index in [1.807, 2.05) is 24.3 Å². The van der Waals surface area contributed by atoms with Crippen LogP contribution in [0.2, 0.25) is 5.02 Å². The maximum Gasteiger partial charge on any atom is 0.251 e. The number of nitrogens with zero attached hydrogens (tertiary/aromatic N) is 4. The smallest absolute Gasteiger partial charge is 0.251 e. The number of rotatable bonds is 5. The topological polar surface area (TPSA) is 115 Å². The molecule has 0 saturated heterocycles. The summed E-state index contributed by atoms with van der Waals surface area (Å²) in [5.41, 5.74) is 2.99. The highest BCUT2D eigenvalue weighted by Gasteiger charge is 2.21. The molecule has 162 valence electrons. The van der Waals surface area contributed by atoms with Gasteiger partial charge in [-0.05, 0) is 37.3 Å². The van der Waals surface area contributed by atoms with Gasteiger partial charge in [0.1, 0.15) is 11.4 Å². The second-order valence-electron chi connectivity index (χ2n) is 7.18. The van der Waals surface area contributed by atoms with Crippen LogP contribution < -0.4 is 5.32 Å². The molecule has 8 nitrogen and oxygen atoms in total. The second-order valence-corrected chi connectivity index (χ2v) is 9.63. The highest BCUT2D eigenvalue weighted by atomic mass is 35.5. The molecule has 2 aromatic carbocycles. The largest absolute Gasteiger partial charge is 0.344 e. The molecule has 0 aliphatic rings. The minimum absolute atomic E-state index is 0.0338. The van der Waals surface area contributed by atoms with Gasteiger partial charge in [0.25, 0.3) is 5.91 Å². The van der Waals surface area contributed by atoms with Gasteiger partial charge in [-0.2, -0.15) is 0 Å². The molecule has 1 atom stereocenters. The van der Waals surface area contributed by atoms with E-state index in [0.29, 0.717) is 28.1 Å². The van der Waals surface area contributed by atoms with Crippen molar-refractivity contribution in [3.05, 3.63) is 77.3 Å². The number of nitrogens with one attached hydrogen (secondary N) is 1. The highest BCUT2D eigenvalue weighted by Crippen LogP contribution is 2.26. The number of hydrogen-bond acceptors (Lipinski definition) is 7. The highest BCUT2D eigenvalue weighted by molar-refractivity contribution is 7.90. The van der Waals surface area contributed by atoms with Gasteiger partial charge in [-0.15, -0.1) is 0 Å². The quantitative estimate of drug-likeness (QED) is 0.476. The van der Waals surface area contributed by atoms with Crippen molar-refractivity contribution in [3.8, 4) is 11.4 Å². The lowest BCUT2D eigenvalue weighted by Gasteiger charge is -2.17. The summed E-state index contributed by atoms with van der Waals surface area (Å²) >= 11 is 6.04. The van der Waals surface area contributed by atoms with Gasteiger partial charge in [0.2, 0.25) is 0 Å². The maximum absolute atomic E-state index is 12.9. The monoisotopic (exact) mass is 467 g/mol. The fourth-order valence-electron chi connectivity index (χ4n) is 3.18. The zero-order valence-corrected chi connectivity index (χ0v) is 18.7. The van der Waals surface area contributed by atoms with Gasteiger partial charge in [0, 0.05) is 29.2 Å². The second kappa shape index (κ2) is 8.60. The van der Waals surface area contributed by atoms with Gasteiger partial charge >= 0.3 is 0 Å². The minimum Gasteiger partial charge on any atom is -0.344 e. The van der Waals surface area contributed by atoms with Gasteiger partial charge in [-0.25, -0.2) is 18.4 Å². The average molecular weight is 468 g/mol. The first-order valence-electron chi connectivity index (χ1n) is 9.57. The first-order valence-corrected chi connectivity index (χ1v) is 11.8. The van der Waals surface area contributed by atoms with E-state index in [0.717, 1.165) is 6.26 Å². The van der Waals surface area contributed by atoms with Crippen LogP contribution in [0, 0.1) is 0 Å². The molecule has 4 rings (SSSR count). The van der Waals surface area contributed by atoms with Crippen LogP contribution in [0.5, 0.6) is 0 Å². The number of aromatic nitrogens is 4. The molecule has 0 unspecified atom stereocenters. The van der Waals surface area contributed by atoms with Crippen LogP contribution in [0.25, 0.3) is 22.4 Å². The van der Waals surface area contributed by atoms with Crippen molar-refractivity contribution in [2.45, 2.75) is 17.9 Å². The Kier molecular flexibility index (Phi) is 5.86. The maximum atomic E-state index is 12.9. The summed E-state index contributed by atoms with van der Waals surface area (Å²) in [6.45, 7) is 1.76. The number of fused-ring (bicyclic) bond motifs is 1. The van der Waals surface area contributed by atoms with Crippen LogP contribution in [0.15, 0.2) is 66.0 Å². The van der Waals surface area contributed by atoms with Crippen molar-refractivity contribution in [1.29, 1.82) is 0 Å². The lowest BCUT2D eigenvalue weighted by Crippen LogP contribution is -2.28. The molecule has 32 heavy (non-hydrogen) atoms. The lowest BCUT2D eigenvalue weighted by molar-refractivity contribution is 0.0939. The van der Waals surface area contributed by atoms with Gasteiger partial charge in [-0.1, -0.05) is 23.7 Å². The van der Waals surface area contributed by atoms with Gasteiger partial charge in [-0.3, -0.25) is 14.8 Å². The molecule has 0 aliphatic carbocycles. The predicted molar refractivity (Wildman–Crippen MR) is 121 cm³/mol. The van der Waals surface area contributed by atoms with E-state index in [2.05, 4.69) is 15.3 Å². The molecule has 0 aliphatic heterocycles. The molecule has 2 heterocycles. The molecule has 0 bridgehead atoms. The van der Waals surface area contributed by atoms with E-state index >= 15 is 0 Å². The number of para-hydroxylation sites is 2. The molecule has 0 spiro atoms. The van der Waals surface area contributed by atoms with Crippen molar-refractivity contribution in [3.63, 3.8) is 0 Å². The Morgan fingerprint density at radius 1 is 1.06 bits per heavy atom. The van der Waals surface area contributed by atoms with Crippen LogP contribution in [-0.2, 0) is 9.84 Å². The van der Waals surface area contributed by atoms with E-state index in [9.17, 15) is 13.2 Å². The summed E-state index contributed by atoms with van der Waals surface area (Å²) in [6, 6.07) is 10.8. The number of sulfone groups is 1. The van der Waals surface area contributed by atoms with E-state index < -0.39 is 21.8 Å². The van der Waals surface area contributed by atoms with Crippen LogP contribution in [0.1, 0.15) is 29.0 Å². The molecule has 0 saturated carbocycles. The van der Waals surface area contributed by atoms with E-state index in [4.69, 9.17) is 21.6 Å². The number of carbonyl (C=O) groups excluding carboxylic acids is 1. The molecule has 1 N–H and O–H groups in total. The molecule has 0 radical (unpaired) electrons. The van der Waals surface area contributed by atoms with Crippen molar-refractivity contribution < 1.29 is 13.2 Å². The van der Waals surface area contributed by atoms with Crippen LogP contribution in [-0.4, -0.2) is 40.5 Å². The Balaban J connectivity index is 1.74. The molecule has 0 fully saturated rings. The lowest BCUT2D eigenvalue weighted by atomic mass is 10.1. The predicted octanol–water partition coefficient (Wildman–Crippen LogP) is 3.63. The SMILES string of the molecule is C[C@H](NC(=O)c1cc(Cl)cc(S(C)(=O)=O)c1)c1nc2ccccc2nc1-c1cnccn1. The van der Waals surface area contributed by atoms with Crippen molar-refractivity contribution in [2.75, 3.05) is 6.26 Å². The molecule has 1 amide bonds. The van der Waals surface area contributed by atoms with Gasteiger partial charge < -0.3 is 5.32 Å². The first-order chi connectivity index (χ1) is 15.2. The van der Waals surface area contributed by atoms with E-state index in [1.54, 1.807) is 25.5 Å². The van der Waals surface area contributed by atoms with E-state index in [-0.39, 0.29) is 15.5 Å². The normalized spacial score (nSPS) is 12.5. The number of amides is 1. The molecular formula is C22H18ClN5O3S. The Morgan fingerprint density at radius 2 is 1.78 bits per heavy atom. The van der Waals surface area contributed by atoms with E-state index in [1.165, 1.54) is 18.2 Å². The standard InChI is InChI=1S/C22H18ClN5O3S/c1-13(26-22(29)14-9-15(23)11-16(10-14)32(2,30)31)20-21(19-12-24-7-8-25-19)28-18-6-4-3-5-17(18)27-20/h3-13H,1-2H3,(H,26,29)/t13-/m0/s1. The summed E-state index contributed by atoms with van der Waals surface area (Å²) in [6.07, 6.45) is 5.74. The summed E-state index contributed by atoms with van der Waals surface area (Å²) in [5.74, 6) is -0.495. The molecule has 2 aromatic heterocycles. The minimum atomic E-state index is -3.53. The van der Waals surface area contributed by atoms with Crippen molar-refractivity contribution in [1.82, 2.24) is 25.3 Å². The van der Waals surface area contributed by atoms with Crippen molar-refractivity contribution >= 4 is 38.4 Å². The number of carbonyl (C=O) groups is 1. The Hall–Kier alpha value is -3.43. The number of halogens is 1. The fraction of sp³-hybridized carbons (Fsp3) is 0.136. The first kappa shape index (κ1) is 21.8. The molecule has 4 aromatic rings. The zero-order valence-electron chi connectivity index (χ0n) is 17.2. The number of benzene rings is 2. The van der Waals surface area contributed by atoms with Crippen molar-refractivity contribution in [2.24, 2.45) is 0 Å². The summed E-state index contributed by atoms with van der Waals surface area (Å²) in [7, 11) is -3.53. The van der Waals surface area contributed by atoms with Gasteiger partial charge in [0.15, 0.2) is 9.84 Å². The summed E-state index contributed by atoms with van der Waals surface area (Å²) in [4.78, 5) is 30.7. The Morgan fingerprint density at radius 3 is 2.44 bits per heavy atom. The Bertz CT molecular complexity index is 1430. The van der Waals surface area contributed by atoms with Crippen LogP contribution >= 0.6 is 11.6 Å². The molecular weight excluding hydrogens is 450 g/mol. The summed E-state index contributed by atoms with van der Waals surface area (Å²) < 4.78 is 23.8. The molecule has 10 heteroatoms. The average Bonchev–Trinajstić information content (AvgIpc) is 2.77. The summed E-state index contributed by atoms with van der Waals surface area (Å²) in [5, 5.41) is 3.00. The third-order valence-electron chi connectivity index (χ3n) is 4.72. The third kappa shape index (κ3) is 4.58. The van der Waals surface area contributed by atoms with Crippen LogP contribution in [0.3, 0.4) is 0 Å².